The fourth-order valence-corrected chi connectivity index (χ4v) is 2.29. The molecule has 0 fully saturated rings. The number of fused-ring (bicyclic) bond motifs is 1. The van der Waals surface area contributed by atoms with Crippen LogP contribution in [0.1, 0.15) is 29.4 Å². The van der Waals surface area contributed by atoms with Crippen LogP contribution in [0.5, 0.6) is 0 Å². The molecule has 8 heteroatoms. The van der Waals surface area contributed by atoms with Gasteiger partial charge in [-0.2, -0.15) is 10.4 Å². The summed E-state index contributed by atoms with van der Waals surface area (Å²) >= 11 is 0. The molecular weight excluding hydrogens is 324 g/mol. The zero-order chi connectivity index (χ0) is 18.2. The van der Waals surface area contributed by atoms with Crippen molar-refractivity contribution in [2.75, 3.05) is 19.8 Å². The number of hydrogen-bond donors (Lipinski definition) is 3. The Morgan fingerprint density at radius 2 is 2.28 bits per heavy atom. The highest BCUT2D eigenvalue weighted by Gasteiger charge is 2.16. The number of nitrogens with zero attached hydrogens (tertiary/aromatic N) is 2. The Morgan fingerprint density at radius 3 is 2.96 bits per heavy atom. The standard InChI is InChI=1S/C17H18N4O4/c1-2-25-8-4-7-19-16(22)12(10-18)9-11-5-3-6-13-14(11)15(17(23)24)21-20-13/h3,5-6,9H,2,4,7-8H2,1H3,(H,19,22)(H,20,21)(H,23,24)/b12-9+. The number of carbonyl (C=O) groups is 2. The number of aromatic carboxylic acids is 1. The molecule has 8 nitrogen and oxygen atoms in total. The van der Waals surface area contributed by atoms with E-state index < -0.39 is 11.9 Å². The van der Waals surface area contributed by atoms with Crippen molar-refractivity contribution < 1.29 is 19.4 Å². The van der Waals surface area contributed by atoms with E-state index in [1.165, 1.54) is 6.08 Å². The van der Waals surface area contributed by atoms with Gasteiger partial charge in [-0.1, -0.05) is 12.1 Å². The largest absolute Gasteiger partial charge is 0.476 e. The molecule has 25 heavy (non-hydrogen) atoms. The van der Waals surface area contributed by atoms with Crippen molar-refractivity contribution in [1.29, 1.82) is 5.26 Å². The molecular formula is C17H18N4O4. The number of nitriles is 1. The van der Waals surface area contributed by atoms with Crippen LogP contribution in [0.4, 0.5) is 0 Å². The number of ether oxygens (including phenoxy) is 1. The molecule has 0 aliphatic heterocycles. The fraction of sp³-hybridized carbons (Fsp3) is 0.294. The lowest BCUT2D eigenvalue weighted by molar-refractivity contribution is -0.117. The summed E-state index contributed by atoms with van der Waals surface area (Å²) in [6, 6.07) is 6.84. The Bertz CT molecular complexity index is 848. The minimum atomic E-state index is -1.19. The Morgan fingerprint density at radius 1 is 1.48 bits per heavy atom. The van der Waals surface area contributed by atoms with Gasteiger partial charge < -0.3 is 15.2 Å². The topological polar surface area (TPSA) is 128 Å². The highest BCUT2D eigenvalue weighted by molar-refractivity contribution is 6.08. The summed E-state index contributed by atoms with van der Waals surface area (Å²) in [5.74, 6) is -1.71. The monoisotopic (exact) mass is 342 g/mol. The smallest absolute Gasteiger partial charge is 0.357 e. The molecule has 0 aliphatic carbocycles. The van der Waals surface area contributed by atoms with E-state index in [1.807, 2.05) is 13.0 Å². The summed E-state index contributed by atoms with van der Waals surface area (Å²) in [6.45, 7) is 3.40. The lowest BCUT2D eigenvalue weighted by atomic mass is 10.0. The SMILES string of the molecule is CCOCCCNC(=O)/C(C#N)=C/c1cccc2[nH]nc(C(=O)O)c12. The molecule has 3 N–H and O–H groups in total. The molecule has 0 saturated carbocycles. The number of rotatable bonds is 8. The van der Waals surface area contributed by atoms with Gasteiger partial charge in [-0.15, -0.1) is 0 Å². The number of hydrogen-bond acceptors (Lipinski definition) is 5. The first-order valence-electron chi connectivity index (χ1n) is 7.76. The Labute approximate surface area is 144 Å². The van der Waals surface area contributed by atoms with Gasteiger partial charge in [0.25, 0.3) is 5.91 Å². The third-order valence-electron chi connectivity index (χ3n) is 3.44. The maximum Gasteiger partial charge on any atom is 0.357 e. The van der Waals surface area contributed by atoms with Gasteiger partial charge in [0.15, 0.2) is 5.69 Å². The molecule has 0 saturated heterocycles. The number of carboxylic acids is 1. The minimum Gasteiger partial charge on any atom is -0.476 e. The van der Waals surface area contributed by atoms with Gasteiger partial charge in [0.1, 0.15) is 11.6 Å². The lowest BCUT2D eigenvalue weighted by Gasteiger charge is -2.05. The number of H-pyrrole nitrogens is 1. The summed E-state index contributed by atoms with van der Waals surface area (Å²) in [5, 5.41) is 27.9. The average molecular weight is 342 g/mol. The van der Waals surface area contributed by atoms with Crippen LogP contribution < -0.4 is 5.32 Å². The minimum absolute atomic E-state index is 0.110. The third-order valence-corrected chi connectivity index (χ3v) is 3.44. The maximum absolute atomic E-state index is 12.1. The molecule has 2 aromatic rings. The highest BCUT2D eigenvalue weighted by Crippen LogP contribution is 2.23. The van der Waals surface area contributed by atoms with E-state index in [-0.39, 0.29) is 11.3 Å². The first kappa shape index (κ1) is 18.2. The van der Waals surface area contributed by atoms with Crippen LogP contribution in [0, 0.1) is 11.3 Å². The van der Waals surface area contributed by atoms with Crippen molar-refractivity contribution in [2.45, 2.75) is 13.3 Å². The number of aromatic amines is 1. The van der Waals surface area contributed by atoms with Crippen molar-refractivity contribution in [3.8, 4) is 6.07 Å². The van der Waals surface area contributed by atoms with Crippen LogP contribution in [0.15, 0.2) is 23.8 Å². The number of amides is 1. The van der Waals surface area contributed by atoms with Gasteiger partial charge in [-0.25, -0.2) is 4.79 Å². The van der Waals surface area contributed by atoms with Gasteiger partial charge in [0, 0.05) is 25.1 Å². The predicted molar refractivity (Wildman–Crippen MR) is 90.8 cm³/mol. The number of aromatic nitrogens is 2. The summed E-state index contributed by atoms with van der Waals surface area (Å²) in [7, 11) is 0. The zero-order valence-corrected chi connectivity index (χ0v) is 13.7. The molecule has 0 spiro atoms. The van der Waals surface area contributed by atoms with Crippen molar-refractivity contribution in [3.05, 3.63) is 35.0 Å². The van der Waals surface area contributed by atoms with Crippen LogP contribution in [0.3, 0.4) is 0 Å². The highest BCUT2D eigenvalue weighted by atomic mass is 16.5. The van der Waals surface area contributed by atoms with Crippen LogP contribution in [0.25, 0.3) is 17.0 Å². The average Bonchev–Trinajstić information content (AvgIpc) is 3.04. The Balaban J connectivity index is 2.23. The predicted octanol–water partition coefficient (Wildman–Crippen LogP) is 1.71. The molecule has 1 heterocycles. The van der Waals surface area contributed by atoms with E-state index in [4.69, 9.17) is 4.74 Å². The van der Waals surface area contributed by atoms with E-state index in [0.717, 1.165) is 0 Å². The molecule has 130 valence electrons. The number of nitrogens with one attached hydrogen (secondary N) is 2. The molecule has 0 bridgehead atoms. The molecule has 0 aliphatic rings. The van der Waals surface area contributed by atoms with E-state index in [2.05, 4.69) is 15.5 Å². The van der Waals surface area contributed by atoms with Crippen molar-refractivity contribution in [2.24, 2.45) is 0 Å². The molecule has 2 rings (SSSR count). The number of benzene rings is 1. The van der Waals surface area contributed by atoms with Gasteiger partial charge in [-0.05, 0) is 31.1 Å². The van der Waals surface area contributed by atoms with Crippen LogP contribution in [-0.2, 0) is 9.53 Å². The second-order valence-electron chi connectivity index (χ2n) is 5.12. The van der Waals surface area contributed by atoms with E-state index in [9.17, 15) is 20.0 Å². The molecule has 0 unspecified atom stereocenters. The first-order valence-corrected chi connectivity index (χ1v) is 7.76. The van der Waals surface area contributed by atoms with Gasteiger partial charge in [0.05, 0.1) is 5.52 Å². The molecule has 1 amide bonds. The van der Waals surface area contributed by atoms with Gasteiger partial charge >= 0.3 is 5.97 Å². The summed E-state index contributed by atoms with van der Waals surface area (Å²) < 4.78 is 5.18. The molecule has 0 atom stereocenters. The lowest BCUT2D eigenvalue weighted by Crippen LogP contribution is -2.26. The quantitative estimate of drug-likeness (QED) is 0.380. The second-order valence-corrected chi connectivity index (χ2v) is 5.12. The summed E-state index contributed by atoms with van der Waals surface area (Å²) in [5.41, 5.74) is 0.683. The Kier molecular flexibility index (Phi) is 6.26. The van der Waals surface area contributed by atoms with Gasteiger partial charge in [-0.3, -0.25) is 9.89 Å². The number of carbonyl (C=O) groups excluding carboxylic acids is 1. The van der Waals surface area contributed by atoms with Crippen molar-refractivity contribution in [1.82, 2.24) is 15.5 Å². The third kappa shape index (κ3) is 4.43. The molecule has 1 aromatic heterocycles. The second kappa shape index (κ2) is 8.61. The van der Waals surface area contributed by atoms with E-state index in [1.54, 1.807) is 18.2 Å². The zero-order valence-electron chi connectivity index (χ0n) is 13.7. The maximum atomic E-state index is 12.1. The molecule has 1 aromatic carbocycles. The normalized spacial score (nSPS) is 11.3. The molecule has 0 radical (unpaired) electrons. The van der Waals surface area contributed by atoms with Crippen LogP contribution in [0.2, 0.25) is 0 Å². The van der Waals surface area contributed by atoms with E-state index >= 15 is 0 Å². The summed E-state index contributed by atoms with van der Waals surface area (Å²) in [6.07, 6.45) is 2.00. The van der Waals surface area contributed by atoms with Crippen molar-refractivity contribution in [3.63, 3.8) is 0 Å². The first-order chi connectivity index (χ1) is 12.1. The Hall–Kier alpha value is -3.18. The van der Waals surface area contributed by atoms with Crippen molar-refractivity contribution >= 4 is 28.9 Å². The summed E-state index contributed by atoms with van der Waals surface area (Å²) in [4.78, 5) is 23.4. The fourth-order valence-electron chi connectivity index (χ4n) is 2.29. The van der Waals surface area contributed by atoms with E-state index in [0.29, 0.717) is 42.6 Å². The van der Waals surface area contributed by atoms with Crippen LogP contribution >= 0.6 is 0 Å². The number of carboxylic acid groups (broad SMARTS) is 1. The van der Waals surface area contributed by atoms with Crippen LogP contribution in [-0.4, -0.2) is 46.9 Å². The van der Waals surface area contributed by atoms with Gasteiger partial charge in [0.2, 0.25) is 0 Å².